The van der Waals surface area contributed by atoms with Gasteiger partial charge < -0.3 is 174 Å². The summed E-state index contributed by atoms with van der Waals surface area (Å²) >= 11 is 1.08. The first-order chi connectivity index (χ1) is 43.5. The minimum absolute atomic E-state index is 0.0850. The van der Waals surface area contributed by atoms with E-state index < -0.39 is 270 Å². The Morgan fingerprint density at radius 2 is 0.495 bits per heavy atom. The Bertz CT molecular complexity index is 2500. The lowest BCUT2D eigenvalue weighted by Crippen LogP contribution is -2.68. The third kappa shape index (κ3) is 15.2. The average molecular weight is 1360 g/mol. The molecule has 0 radical (unpaired) electrons. The number of aliphatic hydroxyl groups excluding tert-OH is 19. The summed E-state index contributed by atoms with van der Waals surface area (Å²) in [5, 5.41) is 220. The number of benzene rings is 1. The Morgan fingerprint density at radius 1 is 0.297 bits per heavy atom. The van der Waals surface area contributed by atoms with Gasteiger partial charge >= 0.3 is 0 Å². The van der Waals surface area contributed by atoms with E-state index in [1.807, 2.05) is 0 Å². The summed E-state index contributed by atoms with van der Waals surface area (Å²) in [5.41, 5.74) is 1.10. The number of fused-ring (bicyclic) bond motifs is 1. The molecular weight excluding hydrogens is 1280 g/mol. The molecule has 26 heterocycles. The van der Waals surface area contributed by atoms with Crippen molar-refractivity contribution in [3.8, 4) is 0 Å². The fraction of sp³-hybridized carbons (Fsp3) is 0.846. The third-order valence-electron chi connectivity index (χ3n) is 17.1. The highest BCUT2D eigenvalue weighted by Crippen LogP contribution is 2.40. The van der Waals surface area contributed by atoms with E-state index in [-0.39, 0.29) is 13.1 Å². The molecular formula is C52H78N2O35S2. The second-order valence-corrected chi connectivity index (χ2v) is 25.0. The molecule has 15 saturated heterocycles. The number of nitrogens with one attached hydrogen (secondary N) is 2. The predicted molar refractivity (Wildman–Crippen MR) is 290 cm³/mol. The van der Waals surface area contributed by atoms with Crippen LogP contribution in [0.25, 0.3) is 0 Å². The SMILES string of the molecule is O=C1NCc2ccc(cc2)CNC(=O)SC[C@H]2O[C@@H]3O[C@H]4C(O)C(O)[C@H](O[C@@H]4CO)O[C@H]4C(O)C(O)[C@H](O[C@@H]4CO)O[C@H]4C(O)C(O)[C@H](O[C@@H]4CO)O[C@H]4C(O)C(O)[C@H](O[C@@H]4CS1)O[C@H]1C(O)C(O)[C@H](O[C@@H]1CO)O[C@H]1C(O)C(O)[C@H](O[C@@H]1CO)O[C@H]2C(O)C3O. The maximum Gasteiger partial charge on any atom is 0.279 e. The molecule has 26 aliphatic rings. The number of thioether (sulfide) groups is 2. The molecule has 39 heteroatoms. The summed E-state index contributed by atoms with van der Waals surface area (Å²) in [6, 6.07) is 6.49. The molecule has 14 unspecified atom stereocenters. The first kappa shape index (κ1) is 71.3. The van der Waals surface area contributed by atoms with E-state index >= 15 is 0 Å². The van der Waals surface area contributed by atoms with Crippen LogP contribution >= 0.6 is 23.5 Å². The molecule has 15 fully saturated rings. The van der Waals surface area contributed by atoms with E-state index in [1.54, 1.807) is 24.3 Å². The maximum atomic E-state index is 13.5. The quantitative estimate of drug-likeness (QED) is 0.130. The number of ether oxygens (including phenoxy) is 14. The molecule has 518 valence electrons. The van der Waals surface area contributed by atoms with Gasteiger partial charge in [-0.05, 0) is 11.1 Å². The third-order valence-corrected chi connectivity index (χ3v) is 18.9. The molecule has 2 amide bonds. The van der Waals surface area contributed by atoms with Crippen LogP contribution in [-0.4, -0.2) is 367 Å². The van der Waals surface area contributed by atoms with Crippen molar-refractivity contribution < 1.29 is 173 Å². The molecule has 0 spiro atoms. The van der Waals surface area contributed by atoms with Crippen molar-refractivity contribution in [3.63, 3.8) is 0 Å². The van der Waals surface area contributed by atoms with Gasteiger partial charge in [-0.1, -0.05) is 47.8 Å². The zero-order valence-electron chi connectivity index (χ0n) is 47.7. The molecule has 27 rings (SSSR count). The summed E-state index contributed by atoms with van der Waals surface area (Å²) in [6.45, 7) is -5.50. The Morgan fingerprint density at radius 3 is 0.714 bits per heavy atom. The zero-order valence-corrected chi connectivity index (χ0v) is 49.4. The van der Waals surface area contributed by atoms with Gasteiger partial charge in [-0.25, -0.2) is 0 Å². The van der Waals surface area contributed by atoms with Gasteiger partial charge in [-0.15, -0.1) is 0 Å². The smallest absolute Gasteiger partial charge is 0.279 e. The van der Waals surface area contributed by atoms with Crippen LogP contribution in [-0.2, 0) is 79.4 Å². The van der Waals surface area contributed by atoms with E-state index in [1.165, 1.54) is 0 Å². The highest BCUT2D eigenvalue weighted by Gasteiger charge is 2.60. The number of amides is 2. The van der Waals surface area contributed by atoms with Crippen LogP contribution in [0.2, 0.25) is 0 Å². The number of hydrogen-bond donors (Lipinski definition) is 21. The van der Waals surface area contributed by atoms with Crippen molar-refractivity contribution in [2.24, 2.45) is 0 Å². The van der Waals surface area contributed by atoms with E-state index in [9.17, 15) is 107 Å². The van der Waals surface area contributed by atoms with Gasteiger partial charge in [0.15, 0.2) is 44.0 Å². The number of rotatable bonds is 5. The van der Waals surface area contributed by atoms with Crippen molar-refractivity contribution >= 4 is 34.0 Å². The Balaban J connectivity index is 1.02. The van der Waals surface area contributed by atoms with Gasteiger partial charge in [0.05, 0.1) is 45.2 Å². The van der Waals surface area contributed by atoms with Crippen molar-refractivity contribution in [1.29, 1.82) is 0 Å². The van der Waals surface area contributed by atoms with Crippen molar-refractivity contribution in [2.45, 2.75) is 228 Å². The van der Waals surface area contributed by atoms with Crippen LogP contribution in [0.5, 0.6) is 0 Å². The van der Waals surface area contributed by atoms with E-state index in [2.05, 4.69) is 10.6 Å². The summed E-state index contributed by atoms with van der Waals surface area (Å²) in [5.74, 6) is -1.01. The Kier molecular flexibility index (Phi) is 24.3. The molecule has 91 heavy (non-hydrogen) atoms. The molecule has 35 atom stereocenters. The highest BCUT2D eigenvalue weighted by molar-refractivity contribution is 8.13. The molecule has 37 nitrogen and oxygen atoms in total. The fourth-order valence-electron chi connectivity index (χ4n) is 11.9. The number of aliphatic hydroxyl groups is 19. The van der Waals surface area contributed by atoms with Crippen LogP contribution in [0.4, 0.5) is 9.59 Å². The summed E-state index contributed by atoms with van der Waals surface area (Å²) < 4.78 is 82.6. The zero-order chi connectivity index (χ0) is 65.4. The minimum atomic E-state index is -2.25. The normalized spacial score (nSPS) is 50.0. The molecule has 1 aromatic rings. The lowest BCUT2D eigenvalue weighted by atomic mass is 9.95. The summed E-state index contributed by atoms with van der Waals surface area (Å²) in [7, 11) is 0. The van der Waals surface area contributed by atoms with Crippen molar-refractivity contribution in [3.05, 3.63) is 35.4 Å². The standard InChI is InChI=1S/C52H78N2O35S2/c55-7-16-37-23(60)30(67)44(76-16)84-38-17(8-56)79-47(33(70)26(38)63)88-42-21-12-90-51(74)53-5-14-1-3-15(4-2-14)6-54-52(75)91-13-22-43(28(65)35(72)49(81-22)86-40-19(10-58)77-45(83-37)31(68)24(40)61)89-48-34(71)27(64)39(18(9-57)80-48)85-46-32(69)25(62)41(20(11-59)78-46)87-50(82-21)36(73)29(42)66/h1-4,16-50,55-73H,5-13H2,(H,53,74)(H,54,75)/t16-,17-,18-,19-,20-,21-,22-,23?,24?,25?,26?,27?,28?,29?,30?,31?,32?,33?,34?,35?,36?,37-,38-,39-,40-,41-,42-,43-,44-,45-,46-,47-,48-,49-,50-/m1/s1. The van der Waals surface area contributed by atoms with Crippen molar-refractivity contribution in [1.82, 2.24) is 10.6 Å². The molecule has 21 N–H and O–H groups in total. The predicted octanol–water partition coefficient (Wildman–Crippen LogP) is -11.6. The molecule has 0 aliphatic carbocycles. The monoisotopic (exact) mass is 1350 g/mol. The molecule has 18 bridgehead atoms. The Hall–Kier alpha value is -2.46. The number of carbonyl (C=O) groups excluding carboxylic acids is 2. The van der Waals surface area contributed by atoms with E-state index in [4.69, 9.17) is 66.3 Å². The van der Waals surface area contributed by atoms with Gasteiger partial charge in [0.2, 0.25) is 0 Å². The molecule has 0 aromatic heterocycles. The van der Waals surface area contributed by atoms with Crippen LogP contribution in [0.15, 0.2) is 24.3 Å². The first-order valence-electron chi connectivity index (χ1n) is 29.1. The van der Waals surface area contributed by atoms with Gasteiger partial charge in [0, 0.05) is 24.6 Å². The second kappa shape index (κ2) is 31.0. The summed E-state index contributed by atoms with van der Waals surface area (Å²) in [6.07, 6.45) is -71.1. The van der Waals surface area contributed by atoms with Gasteiger partial charge in [0.25, 0.3) is 10.5 Å². The molecule has 1 aromatic carbocycles. The van der Waals surface area contributed by atoms with Crippen LogP contribution in [0.1, 0.15) is 11.1 Å². The number of carbonyl (C=O) groups is 2. The van der Waals surface area contributed by atoms with E-state index in [0.717, 1.165) is 0 Å². The lowest BCUT2D eigenvalue weighted by molar-refractivity contribution is -0.395. The van der Waals surface area contributed by atoms with E-state index in [0.29, 0.717) is 34.7 Å². The van der Waals surface area contributed by atoms with Crippen LogP contribution < -0.4 is 10.6 Å². The van der Waals surface area contributed by atoms with Crippen LogP contribution in [0.3, 0.4) is 0 Å². The fourth-order valence-corrected chi connectivity index (χ4v) is 13.4. The van der Waals surface area contributed by atoms with Crippen molar-refractivity contribution in [2.75, 3.05) is 44.5 Å². The maximum absolute atomic E-state index is 13.5. The summed E-state index contributed by atoms with van der Waals surface area (Å²) in [4.78, 5) is 27.1. The van der Waals surface area contributed by atoms with Crippen LogP contribution in [0, 0.1) is 0 Å². The Labute approximate surface area is 524 Å². The average Bonchev–Trinajstić information content (AvgIpc) is 1.16. The lowest BCUT2D eigenvalue weighted by Gasteiger charge is -2.50. The van der Waals surface area contributed by atoms with Gasteiger partial charge in [-0.2, -0.15) is 0 Å². The topological polar surface area (TPSA) is 572 Å². The molecule has 0 saturated carbocycles. The first-order valence-corrected chi connectivity index (χ1v) is 31.1. The highest BCUT2D eigenvalue weighted by atomic mass is 32.2. The van der Waals surface area contributed by atoms with Gasteiger partial charge in [0.1, 0.15) is 159 Å². The largest absolute Gasteiger partial charge is 0.394 e. The second-order valence-electron chi connectivity index (χ2n) is 23.0. The van der Waals surface area contributed by atoms with Gasteiger partial charge in [-0.3, -0.25) is 9.59 Å². The molecule has 26 aliphatic heterocycles. The number of hydrogen-bond acceptors (Lipinski definition) is 37. The minimum Gasteiger partial charge on any atom is -0.394 e.